The van der Waals surface area contributed by atoms with Crippen LogP contribution in [0.3, 0.4) is 0 Å². The highest BCUT2D eigenvalue weighted by Gasteiger charge is 2.19. The number of aliphatic hydroxyl groups is 1. The van der Waals surface area contributed by atoms with E-state index in [2.05, 4.69) is 10.1 Å². The standard InChI is InChI=1S/C12H16ClN3OS/c1-7(2)16-10(14-6-15-16)4-9(17)12-11(13)8(3)5-18-12/h5-7,9,17H,4H2,1-3H3. The maximum Gasteiger partial charge on any atom is 0.138 e. The molecule has 0 radical (unpaired) electrons. The Balaban J connectivity index is 2.19. The summed E-state index contributed by atoms with van der Waals surface area (Å²) in [4.78, 5) is 4.99. The van der Waals surface area contributed by atoms with Crippen LogP contribution in [-0.4, -0.2) is 19.9 Å². The Morgan fingerprint density at radius 3 is 2.78 bits per heavy atom. The summed E-state index contributed by atoms with van der Waals surface area (Å²) in [6, 6.07) is 0.232. The molecule has 1 atom stereocenters. The fraction of sp³-hybridized carbons (Fsp3) is 0.500. The summed E-state index contributed by atoms with van der Waals surface area (Å²) in [6.45, 7) is 6.01. The molecule has 1 unspecified atom stereocenters. The Morgan fingerprint density at radius 1 is 1.50 bits per heavy atom. The third-order valence-electron chi connectivity index (χ3n) is 2.74. The summed E-state index contributed by atoms with van der Waals surface area (Å²) in [5.41, 5.74) is 1.00. The van der Waals surface area contributed by atoms with E-state index in [0.29, 0.717) is 11.4 Å². The average molecular weight is 286 g/mol. The molecule has 0 aromatic carbocycles. The molecule has 2 rings (SSSR count). The zero-order valence-electron chi connectivity index (χ0n) is 10.6. The first-order valence-electron chi connectivity index (χ1n) is 5.80. The number of halogens is 1. The average Bonchev–Trinajstić information content (AvgIpc) is 2.88. The van der Waals surface area contributed by atoms with Gasteiger partial charge in [-0.05, 0) is 31.7 Å². The van der Waals surface area contributed by atoms with Crippen molar-refractivity contribution in [1.29, 1.82) is 0 Å². The van der Waals surface area contributed by atoms with Crippen LogP contribution in [0, 0.1) is 6.92 Å². The van der Waals surface area contributed by atoms with Gasteiger partial charge in [0.1, 0.15) is 12.2 Å². The molecule has 1 N–H and O–H groups in total. The van der Waals surface area contributed by atoms with Gasteiger partial charge in [-0.1, -0.05) is 11.6 Å². The molecule has 2 aromatic heterocycles. The van der Waals surface area contributed by atoms with Gasteiger partial charge in [0.2, 0.25) is 0 Å². The van der Waals surface area contributed by atoms with Gasteiger partial charge in [0.15, 0.2) is 0 Å². The van der Waals surface area contributed by atoms with Crippen molar-refractivity contribution in [1.82, 2.24) is 14.8 Å². The van der Waals surface area contributed by atoms with Gasteiger partial charge in [0, 0.05) is 12.5 Å². The highest BCUT2D eigenvalue weighted by atomic mass is 35.5. The Labute approximate surface area is 115 Å². The van der Waals surface area contributed by atoms with E-state index >= 15 is 0 Å². The third kappa shape index (κ3) is 2.58. The van der Waals surface area contributed by atoms with Gasteiger partial charge in [-0.2, -0.15) is 5.10 Å². The number of nitrogens with zero attached hydrogens (tertiary/aromatic N) is 3. The minimum atomic E-state index is -0.627. The molecule has 0 fully saturated rings. The molecule has 0 bridgehead atoms. The number of aliphatic hydroxyl groups excluding tert-OH is 1. The van der Waals surface area contributed by atoms with E-state index in [1.165, 1.54) is 17.7 Å². The van der Waals surface area contributed by atoms with Crippen LogP contribution < -0.4 is 0 Å². The monoisotopic (exact) mass is 285 g/mol. The molecule has 2 heterocycles. The molecular formula is C12H16ClN3OS. The summed E-state index contributed by atoms with van der Waals surface area (Å²) < 4.78 is 1.82. The molecule has 0 saturated carbocycles. The van der Waals surface area contributed by atoms with Crippen molar-refractivity contribution in [2.75, 3.05) is 0 Å². The molecule has 98 valence electrons. The molecule has 2 aromatic rings. The summed E-state index contributed by atoms with van der Waals surface area (Å²) >= 11 is 7.63. The van der Waals surface area contributed by atoms with E-state index in [0.717, 1.165) is 16.3 Å². The minimum absolute atomic E-state index is 0.232. The van der Waals surface area contributed by atoms with E-state index in [1.807, 2.05) is 30.8 Å². The van der Waals surface area contributed by atoms with E-state index in [9.17, 15) is 5.11 Å². The zero-order valence-corrected chi connectivity index (χ0v) is 12.2. The topological polar surface area (TPSA) is 50.9 Å². The molecule has 6 heteroatoms. The lowest BCUT2D eigenvalue weighted by Crippen LogP contribution is -2.11. The highest BCUT2D eigenvalue weighted by Crippen LogP contribution is 2.33. The molecule has 0 saturated heterocycles. The summed E-state index contributed by atoms with van der Waals surface area (Å²) in [6.07, 6.45) is 1.32. The maximum absolute atomic E-state index is 10.2. The number of aromatic nitrogens is 3. The van der Waals surface area contributed by atoms with Crippen LogP contribution in [0.1, 0.15) is 42.3 Å². The van der Waals surface area contributed by atoms with Crippen molar-refractivity contribution < 1.29 is 5.11 Å². The van der Waals surface area contributed by atoms with Crippen LogP contribution in [0.25, 0.3) is 0 Å². The SMILES string of the molecule is Cc1csc(C(O)Cc2ncnn2C(C)C)c1Cl. The molecule has 18 heavy (non-hydrogen) atoms. The van der Waals surface area contributed by atoms with Crippen molar-refractivity contribution in [3.8, 4) is 0 Å². The number of thiophene rings is 1. The predicted molar refractivity (Wildman–Crippen MR) is 73.1 cm³/mol. The predicted octanol–water partition coefficient (Wildman–Crippen LogP) is 3.16. The van der Waals surface area contributed by atoms with Gasteiger partial charge >= 0.3 is 0 Å². The minimum Gasteiger partial charge on any atom is -0.387 e. The van der Waals surface area contributed by atoms with Crippen LogP contribution in [0.4, 0.5) is 0 Å². The van der Waals surface area contributed by atoms with E-state index in [-0.39, 0.29) is 6.04 Å². The van der Waals surface area contributed by atoms with Crippen LogP contribution >= 0.6 is 22.9 Å². The number of hydrogen-bond acceptors (Lipinski definition) is 4. The fourth-order valence-electron chi connectivity index (χ4n) is 1.79. The van der Waals surface area contributed by atoms with Gasteiger partial charge < -0.3 is 5.11 Å². The molecule has 0 aliphatic rings. The van der Waals surface area contributed by atoms with Crippen LogP contribution in [0.15, 0.2) is 11.7 Å². The Morgan fingerprint density at radius 2 is 2.22 bits per heavy atom. The Kier molecular flexibility index (Phi) is 4.04. The second-order valence-electron chi connectivity index (χ2n) is 4.53. The first kappa shape index (κ1) is 13.5. The van der Waals surface area contributed by atoms with Gasteiger partial charge in [-0.3, -0.25) is 0 Å². The van der Waals surface area contributed by atoms with Crippen LogP contribution in [-0.2, 0) is 6.42 Å². The quantitative estimate of drug-likeness (QED) is 0.939. The van der Waals surface area contributed by atoms with Crippen LogP contribution in [0.2, 0.25) is 5.02 Å². The molecule has 0 amide bonds. The molecule has 4 nitrogen and oxygen atoms in total. The van der Waals surface area contributed by atoms with Crippen molar-refractivity contribution in [3.05, 3.63) is 33.0 Å². The van der Waals surface area contributed by atoms with Crippen molar-refractivity contribution >= 4 is 22.9 Å². The summed E-state index contributed by atoms with van der Waals surface area (Å²) in [5, 5.41) is 17.0. The second-order valence-corrected chi connectivity index (χ2v) is 5.82. The Bertz CT molecular complexity index is 535. The van der Waals surface area contributed by atoms with Crippen molar-refractivity contribution in [2.45, 2.75) is 39.3 Å². The molecule has 0 spiro atoms. The lowest BCUT2D eigenvalue weighted by Gasteiger charge is -2.12. The second kappa shape index (κ2) is 5.38. The largest absolute Gasteiger partial charge is 0.387 e. The lowest BCUT2D eigenvalue weighted by molar-refractivity contribution is 0.177. The van der Waals surface area contributed by atoms with Crippen molar-refractivity contribution in [2.24, 2.45) is 0 Å². The number of aryl methyl sites for hydroxylation is 1. The van der Waals surface area contributed by atoms with Crippen molar-refractivity contribution in [3.63, 3.8) is 0 Å². The smallest absolute Gasteiger partial charge is 0.138 e. The summed E-state index contributed by atoms with van der Waals surface area (Å²) in [7, 11) is 0. The number of rotatable bonds is 4. The number of hydrogen-bond donors (Lipinski definition) is 1. The fourth-order valence-corrected chi connectivity index (χ4v) is 3.10. The molecule has 0 aliphatic carbocycles. The normalized spacial score (nSPS) is 13.2. The first-order chi connectivity index (χ1) is 8.50. The van der Waals surface area contributed by atoms with Gasteiger partial charge in [-0.25, -0.2) is 9.67 Å². The van der Waals surface area contributed by atoms with E-state index in [4.69, 9.17) is 11.6 Å². The first-order valence-corrected chi connectivity index (χ1v) is 7.06. The summed E-state index contributed by atoms with van der Waals surface area (Å²) in [5.74, 6) is 0.777. The zero-order chi connectivity index (χ0) is 13.3. The maximum atomic E-state index is 10.2. The molecule has 0 aliphatic heterocycles. The van der Waals surface area contributed by atoms with Gasteiger partial charge in [0.05, 0.1) is 16.0 Å². The third-order valence-corrected chi connectivity index (χ3v) is 4.56. The van der Waals surface area contributed by atoms with E-state index in [1.54, 1.807) is 0 Å². The molecular weight excluding hydrogens is 270 g/mol. The highest BCUT2D eigenvalue weighted by molar-refractivity contribution is 7.10. The van der Waals surface area contributed by atoms with E-state index < -0.39 is 6.10 Å². The lowest BCUT2D eigenvalue weighted by atomic mass is 10.2. The van der Waals surface area contributed by atoms with Crippen LogP contribution in [0.5, 0.6) is 0 Å². The van der Waals surface area contributed by atoms with Gasteiger partial charge in [-0.15, -0.1) is 11.3 Å². The Hall–Kier alpha value is -0.910. The van der Waals surface area contributed by atoms with Gasteiger partial charge in [0.25, 0.3) is 0 Å².